The summed E-state index contributed by atoms with van der Waals surface area (Å²) in [4.78, 5) is 10.5. The molecule has 0 bridgehead atoms. The van der Waals surface area contributed by atoms with E-state index in [1.54, 1.807) is 6.07 Å². The smallest absolute Gasteiger partial charge is 0.446 e. The number of nitriles is 1. The Morgan fingerprint density at radius 2 is 2.06 bits per heavy atom. The van der Waals surface area contributed by atoms with E-state index < -0.39 is 23.2 Å². The van der Waals surface area contributed by atoms with Gasteiger partial charge in [-0.05, 0) is 36.4 Å². The van der Waals surface area contributed by atoms with E-state index in [0.29, 0.717) is 0 Å². The monoisotopic (exact) mass is 261 g/mol. The van der Waals surface area contributed by atoms with Crippen LogP contribution in [0.25, 0.3) is 0 Å². The fraction of sp³-hybridized carbons (Fsp3) is 0.200. The highest BCUT2D eigenvalue weighted by Crippen LogP contribution is 2.38. The van der Waals surface area contributed by atoms with Gasteiger partial charge in [0.2, 0.25) is 0 Å². The number of benzene rings is 1. The normalized spacial score (nSPS) is 11.0. The second-order valence-electron chi connectivity index (χ2n) is 3.11. The molecule has 7 heteroatoms. The lowest BCUT2D eigenvalue weighted by Gasteiger charge is -2.09. The van der Waals surface area contributed by atoms with E-state index in [1.807, 2.05) is 0 Å². The summed E-state index contributed by atoms with van der Waals surface area (Å²) in [7, 11) is 0. The Hall–Kier alpha value is -1.68. The summed E-state index contributed by atoms with van der Waals surface area (Å²) in [5.74, 6) is -1.36. The van der Waals surface area contributed by atoms with Gasteiger partial charge < -0.3 is 5.11 Å². The summed E-state index contributed by atoms with van der Waals surface area (Å²) in [6.45, 7) is 1.38. The van der Waals surface area contributed by atoms with E-state index in [1.165, 1.54) is 6.92 Å². The number of aromatic carboxylic acids is 1. The predicted molar refractivity (Wildman–Crippen MR) is 54.8 cm³/mol. The Labute approximate surface area is 98.9 Å². The van der Waals surface area contributed by atoms with E-state index in [9.17, 15) is 18.0 Å². The molecule has 0 aliphatic carbocycles. The molecular weight excluding hydrogens is 255 g/mol. The molecule has 0 aromatic heterocycles. The minimum atomic E-state index is -4.52. The molecule has 0 saturated heterocycles. The van der Waals surface area contributed by atoms with Crippen molar-refractivity contribution in [3.8, 4) is 6.07 Å². The molecule has 0 amide bonds. The molecule has 0 saturated carbocycles. The number of nitrogens with zero attached hydrogens (tertiary/aromatic N) is 1. The molecule has 17 heavy (non-hydrogen) atoms. The lowest BCUT2D eigenvalue weighted by atomic mass is 10.0. The Bertz CT molecular complexity index is 505. The van der Waals surface area contributed by atoms with Gasteiger partial charge in [-0.1, -0.05) is 0 Å². The fourth-order valence-corrected chi connectivity index (χ4v) is 1.84. The van der Waals surface area contributed by atoms with Gasteiger partial charge in [-0.25, -0.2) is 4.79 Å². The third kappa shape index (κ3) is 3.39. The molecule has 1 N–H and O–H groups in total. The number of rotatable bonds is 2. The molecule has 0 spiro atoms. The van der Waals surface area contributed by atoms with Crippen molar-refractivity contribution in [2.24, 2.45) is 0 Å². The Balaban J connectivity index is 3.32. The van der Waals surface area contributed by atoms with Crippen LogP contribution in [-0.4, -0.2) is 16.6 Å². The molecule has 0 fully saturated rings. The minimum Gasteiger partial charge on any atom is -0.478 e. The third-order valence-corrected chi connectivity index (χ3v) is 2.67. The molecule has 3 nitrogen and oxygen atoms in total. The lowest BCUT2D eigenvalue weighted by Crippen LogP contribution is -2.04. The average Bonchev–Trinajstić information content (AvgIpc) is 2.17. The summed E-state index contributed by atoms with van der Waals surface area (Å²) < 4.78 is 36.4. The summed E-state index contributed by atoms with van der Waals surface area (Å²) in [5, 5.41) is 17.5. The number of carboxylic acid groups (broad SMARTS) is 1. The highest BCUT2D eigenvalue weighted by Gasteiger charge is 2.30. The maximum absolute atomic E-state index is 12.1. The van der Waals surface area contributed by atoms with Gasteiger partial charge in [0.05, 0.1) is 17.2 Å². The summed E-state index contributed by atoms with van der Waals surface area (Å²) in [6, 6.07) is 3.61. The quantitative estimate of drug-likeness (QED) is 0.830. The van der Waals surface area contributed by atoms with Crippen molar-refractivity contribution < 1.29 is 23.1 Å². The highest BCUT2D eigenvalue weighted by molar-refractivity contribution is 8.00. The maximum Gasteiger partial charge on any atom is 0.446 e. The Morgan fingerprint density at radius 3 is 2.47 bits per heavy atom. The number of hydrogen-bond acceptors (Lipinski definition) is 3. The molecule has 0 radical (unpaired) electrons. The van der Waals surface area contributed by atoms with Gasteiger partial charge in [0, 0.05) is 4.90 Å². The largest absolute Gasteiger partial charge is 0.478 e. The van der Waals surface area contributed by atoms with E-state index >= 15 is 0 Å². The molecule has 0 atom stereocenters. The second-order valence-corrected chi connectivity index (χ2v) is 4.25. The van der Waals surface area contributed by atoms with Crippen molar-refractivity contribution in [2.75, 3.05) is 0 Å². The van der Waals surface area contributed by atoms with Gasteiger partial charge in [0.1, 0.15) is 0 Å². The molecular formula is C10H6F3NO2S. The zero-order valence-electron chi connectivity index (χ0n) is 8.50. The summed E-state index contributed by atoms with van der Waals surface area (Å²) in [5.41, 5.74) is -4.73. The van der Waals surface area contributed by atoms with Crippen LogP contribution < -0.4 is 0 Å². The zero-order valence-corrected chi connectivity index (χ0v) is 9.32. The van der Waals surface area contributed by atoms with E-state index in [2.05, 4.69) is 0 Å². The third-order valence-electron chi connectivity index (χ3n) is 1.97. The highest BCUT2D eigenvalue weighted by atomic mass is 32.2. The number of thioether (sulfide) groups is 1. The summed E-state index contributed by atoms with van der Waals surface area (Å²) >= 11 is -0.444. The molecule has 90 valence electrons. The van der Waals surface area contributed by atoms with Gasteiger partial charge in [-0.15, -0.1) is 0 Å². The van der Waals surface area contributed by atoms with Crippen molar-refractivity contribution in [3.63, 3.8) is 0 Å². The zero-order chi connectivity index (χ0) is 13.2. The van der Waals surface area contributed by atoms with Gasteiger partial charge >= 0.3 is 11.5 Å². The first-order valence-electron chi connectivity index (χ1n) is 4.28. The van der Waals surface area contributed by atoms with Crippen molar-refractivity contribution >= 4 is 17.7 Å². The molecule has 0 unspecified atom stereocenters. The molecule has 0 aliphatic rings. The topological polar surface area (TPSA) is 61.1 Å². The van der Waals surface area contributed by atoms with E-state index in [-0.39, 0.29) is 21.6 Å². The molecule has 1 rings (SSSR count). The van der Waals surface area contributed by atoms with Crippen LogP contribution in [0.3, 0.4) is 0 Å². The SMILES string of the molecule is Cc1c(C#N)cc(SC(F)(F)F)cc1C(=O)O. The van der Waals surface area contributed by atoms with Gasteiger partial charge in [-0.2, -0.15) is 18.4 Å². The van der Waals surface area contributed by atoms with Crippen molar-refractivity contribution in [2.45, 2.75) is 17.3 Å². The van der Waals surface area contributed by atoms with Crippen molar-refractivity contribution in [1.82, 2.24) is 0 Å². The number of halogens is 3. The predicted octanol–water partition coefficient (Wildman–Crippen LogP) is 3.18. The molecule has 1 aromatic carbocycles. The van der Waals surface area contributed by atoms with E-state index in [4.69, 9.17) is 10.4 Å². The number of hydrogen-bond donors (Lipinski definition) is 1. The van der Waals surface area contributed by atoms with Crippen LogP contribution in [0.5, 0.6) is 0 Å². The maximum atomic E-state index is 12.1. The number of carbonyl (C=O) groups is 1. The van der Waals surface area contributed by atoms with Gasteiger partial charge in [0.25, 0.3) is 0 Å². The van der Waals surface area contributed by atoms with Crippen LogP contribution in [0.15, 0.2) is 17.0 Å². The number of carboxylic acids is 1. The van der Waals surface area contributed by atoms with Crippen LogP contribution in [0, 0.1) is 18.3 Å². The van der Waals surface area contributed by atoms with Crippen molar-refractivity contribution in [1.29, 1.82) is 5.26 Å². The Kier molecular flexibility index (Phi) is 3.68. The first kappa shape index (κ1) is 13.4. The van der Waals surface area contributed by atoms with Crippen molar-refractivity contribution in [3.05, 3.63) is 28.8 Å². The number of alkyl halides is 3. The Morgan fingerprint density at radius 1 is 1.47 bits per heavy atom. The molecule has 0 heterocycles. The second kappa shape index (κ2) is 4.67. The van der Waals surface area contributed by atoms with Crippen LogP contribution >= 0.6 is 11.8 Å². The van der Waals surface area contributed by atoms with Crippen LogP contribution in [0.1, 0.15) is 21.5 Å². The summed E-state index contributed by atoms with van der Waals surface area (Å²) in [6.07, 6.45) is 0. The fourth-order valence-electron chi connectivity index (χ4n) is 1.22. The van der Waals surface area contributed by atoms with Crippen LogP contribution in [-0.2, 0) is 0 Å². The van der Waals surface area contributed by atoms with E-state index in [0.717, 1.165) is 12.1 Å². The molecule has 0 aliphatic heterocycles. The first-order valence-corrected chi connectivity index (χ1v) is 5.10. The minimum absolute atomic E-state index is 0.0725. The standard InChI is InChI=1S/C10H6F3NO2S/c1-5-6(4-14)2-7(17-10(11,12)13)3-8(5)9(15)16/h2-3H,1H3,(H,15,16). The van der Waals surface area contributed by atoms with Gasteiger partial charge in [-0.3, -0.25) is 0 Å². The first-order chi connectivity index (χ1) is 7.74. The van der Waals surface area contributed by atoms with Crippen LogP contribution in [0.2, 0.25) is 0 Å². The average molecular weight is 261 g/mol. The van der Waals surface area contributed by atoms with Crippen LogP contribution in [0.4, 0.5) is 13.2 Å². The molecule has 1 aromatic rings. The lowest BCUT2D eigenvalue weighted by molar-refractivity contribution is -0.0328. The van der Waals surface area contributed by atoms with Gasteiger partial charge in [0.15, 0.2) is 0 Å².